The van der Waals surface area contributed by atoms with Crippen molar-refractivity contribution in [2.45, 2.75) is 0 Å². The number of nitrogen functional groups attached to an aromatic ring is 2. The van der Waals surface area contributed by atoms with Gasteiger partial charge in [-0.3, -0.25) is 5.84 Å². The monoisotopic (exact) mass is 201 g/mol. The number of nitrogens with two attached hydrogens (primary N) is 2. The minimum absolute atomic E-state index is 0.822. The molecule has 0 radical (unpaired) electrons. The maximum atomic E-state index is 5.36. The fraction of sp³-hybridized carbons (Fsp3) is 0. The van der Waals surface area contributed by atoms with Gasteiger partial charge in [-0.1, -0.05) is 36.4 Å². The van der Waals surface area contributed by atoms with Crippen molar-refractivity contribution in [1.29, 1.82) is 0 Å². The fourth-order valence-corrected chi connectivity index (χ4v) is 0.987. The van der Waals surface area contributed by atoms with Crippen molar-refractivity contribution in [1.82, 2.24) is 0 Å². The molecule has 2 rings (SSSR count). The average Bonchev–Trinajstić information content (AvgIpc) is 2.32. The lowest BCUT2D eigenvalue weighted by Crippen LogP contribution is -2.05. The normalized spacial score (nSPS) is 8.60. The van der Waals surface area contributed by atoms with Crippen LogP contribution in [0.15, 0.2) is 60.7 Å². The van der Waals surface area contributed by atoms with E-state index in [1.165, 1.54) is 0 Å². The molecule has 0 saturated carbocycles. The molecule has 0 saturated heterocycles. The summed E-state index contributed by atoms with van der Waals surface area (Å²) in [5, 5.41) is 0. The number of benzene rings is 2. The lowest BCUT2D eigenvalue weighted by atomic mass is 10.3. The molecule has 0 atom stereocenters. The Labute approximate surface area is 89.7 Å². The van der Waals surface area contributed by atoms with E-state index in [-0.39, 0.29) is 0 Å². The summed E-state index contributed by atoms with van der Waals surface area (Å²) < 4.78 is 0. The summed E-state index contributed by atoms with van der Waals surface area (Å²) >= 11 is 0. The number of anilines is 2. The molecule has 0 aliphatic rings. The molecular weight excluding hydrogens is 186 g/mol. The minimum Gasteiger partial charge on any atom is -0.399 e. The van der Waals surface area contributed by atoms with Crippen LogP contribution >= 0.6 is 0 Å². The van der Waals surface area contributed by atoms with Gasteiger partial charge in [0.05, 0.1) is 0 Å². The van der Waals surface area contributed by atoms with Crippen molar-refractivity contribution in [3.63, 3.8) is 0 Å². The molecule has 0 heterocycles. The predicted octanol–water partition coefficient (Wildman–Crippen LogP) is 2.24. The number of hydrogen-bond donors (Lipinski definition) is 3. The van der Waals surface area contributed by atoms with E-state index < -0.39 is 0 Å². The Kier molecular flexibility index (Phi) is 4.77. The topological polar surface area (TPSA) is 64.1 Å². The van der Waals surface area contributed by atoms with Crippen molar-refractivity contribution >= 4 is 11.4 Å². The molecular formula is C12H15N3. The second kappa shape index (κ2) is 6.45. The number of hydrazine groups is 1. The highest BCUT2D eigenvalue weighted by Gasteiger charge is 1.78. The third-order valence-electron chi connectivity index (χ3n) is 1.74. The summed E-state index contributed by atoms with van der Waals surface area (Å²) in [6, 6.07) is 19.1. The van der Waals surface area contributed by atoms with E-state index in [4.69, 9.17) is 11.6 Å². The Morgan fingerprint density at radius 2 is 1.20 bits per heavy atom. The molecule has 0 unspecified atom stereocenters. The summed E-state index contributed by atoms with van der Waals surface area (Å²) in [5.74, 6) is 5.10. The van der Waals surface area contributed by atoms with Gasteiger partial charge in [0.25, 0.3) is 0 Å². The first-order valence-corrected chi connectivity index (χ1v) is 4.65. The summed E-state index contributed by atoms with van der Waals surface area (Å²) in [6.07, 6.45) is 0. The molecule has 0 bridgehead atoms. The molecule has 0 spiro atoms. The third-order valence-corrected chi connectivity index (χ3v) is 1.74. The van der Waals surface area contributed by atoms with E-state index in [2.05, 4.69) is 5.43 Å². The van der Waals surface area contributed by atoms with Crippen LogP contribution in [0.25, 0.3) is 0 Å². The smallest absolute Gasteiger partial charge is 0.0485 e. The van der Waals surface area contributed by atoms with Crippen LogP contribution in [0, 0.1) is 0 Å². The summed E-state index contributed by atoms with van der Waals surface area (Å²) in [5.41, 5.74) is 9.64. The van der Waals surface area contributed by atoms with Gasteiger partial charge >= 0.3 is 0 Å². The van der Waals surface area contributed by atoms with Crippen LogP contribution in [0.1, 0.15) is 0 Å². The molecule has 15 heavy (non-hydrogen) atoms. The zero-order valence-corrected chi connectivity index (χ0v) is 8.43. The van der Waals surface area contributed by atoms with Crippen LogP contribution in [0.4, 0.5) is 11.4 Å². The van der Waals surface area contributed by atoms with E-state index in [1.807, 2.05) is 60.7 Å². The fourth-order valence-electron chi connectivity index (χ4n) is 0.987. The molecule has 3 heteroatoms. The Balaban J connectivity index is 0.000000151. The highest BCUT2D eigenvalue weighted by Crippen LogP contribution is 2.00. The van der Waals surface area contributed by atoms with E-state index in [1.54, 1.807) is 0 Å². The maximum absolute atomic E-state index is 5.36. The SMILES string of the molecule is NNc1ccccc1.Nc1ccccc1. The molecule has 0 fully saturated rings. The van der Waals surface area contributed by atoms with Crippen LogP contribution < -0.4 is 17.0 Å². The van der Waals surface area contributed by atoms with Crippen molar-refractivity contribution in [3.05, 3.63) is 60.7 Å². The Hall–Kier alpha value is -2.00. The van der Waals surface area contributed by atoms with Crippen molar-refractivity contribution in [2.24, 2.45) is 5.84 Å². The Bertz CT molecular complexity index is 359. The third kappa shape index (κ3) is 4.69. The van der Waals surface area contributed by atoms with Crippen LogP contribution in [-0.4, -0.2) is 0 Å². The van der Waals surface area contributed by atoms with Gasteiger partial charge < -0.3 is 11.2 Å². The first-order valence-electron chi connectivity index (χ1n) is 4.65. The number of para-hydroxylation sites is 2. The first kappa shape index (κ1) is 11.1. The summed E-state index contributed by atoms with van der Waals surface area (Å²) in [7, 11) is 0. The number of nitrogens with one attached hydrogen (secondary N) is 1. The van der Waals surface area contributed by atoms with Gasteiger partial charge in [0.1, 0.15) is 0 Å². The Morgan fingerprint density at radius 3 is 1.47 bits per heavy atom. The van der Waals surface area contributed by atoms with Gasteiger partial charge in [-0.2, -0.15) is 0 Å². The van der Waals surface area contributed by atoms with Crippen LogP contribution in [-0.2, 0) is 0 Å². The van der Waals surface area contributed by atoms with Crippen molar-refractivity contribution < 1.29 is 0 Å². The van der Waals surface area contributed by atoms with Crippen molar-refractivity contribution in [3.8, 4) is 0 Å². The highest BCUT2D eigenvalue weighted by atomic mass is 15.2. The van der Waals surface area contributed by atoms with Crippen molar-refractivity contribution in [2.75, 3.05) is 11.2 Å². The zero-order chi connectivity index (χ0) is 10.9. The lowest BCUT2D eigenvalue weighted by molar-refractivity contribution is 1.35. The Morgan fingerprint density at radius 1 is 0.733 bits per heavy atom. The van der Waals surface area contributed by atoms with E-state index in [0.29, 0.717) is 0 Å². The predicted molar refractivity (Wildman–Crippen MR) is 65.1 cm³/mol. The van der Waals surface area contributed by atoms with Gasteiger partial charge in [0, 0.05) is 11.4 Å². The minimum atomic E-state index is 0.822. The van der Waals surface area contributed by atoms with E-state index >= 15 is 0 Å². The standard InChI is InChI=1S/C6H8N2.C6H7N/c7-8-6-4-2-1-3-5-6;7-6-4-2-1-3-5-6/h1-5,8H,7H2;1-5H,7H2. The second-order valence-corrected chi connectivity index (χ2v) is 2.92. The van der Waals surface area contributed by atoms with Crippen LogP contribution in [0.2, 0.25) is 0 Å². The second-order valence-electron chi connectivity index (χ2n) is 2.92. The van der Waals surface area contributed by atoms with Crippen LogP contribution in [0.3, 0.4) is 0 Å². The van der Waals surface area contributed by atoms with Crippen LogP contribution in [0.5, 0.6) is 0 Å². The number of hydrogen-bond acceptors (Lipinski definition) is 3. The molecule has 2 aromatic rings. The van der Waals surface area contributed by atoms with Gasteiger partial charge in [-0.15, -0.1) is 0 Å². The highest BCUT2D eigenvalue weighted by molar-refractivity contribution is 5.40. The van der Waals surface area contributed by atoms with Gasteiger partial charge in [-0.25, -0.2) is 0 Å². The first-order chi connectivity index (χ1) is 7.33. The number of rotatable bonds is 1. The van der Waals surface area contributed by atoms with Gasteiger partial charge in [0.2, 0.25) is 0 Å². The molecule has 0 aromatic heterocycles. The maximum Gasteiger partial charge on any atom is 0.0485 e. The lowest BCUT2D eigenvalue weighted by Gasteiger charge is -1.94. The average molecular weight is 201 g/mol. The van der Waals surface area contributed by atoms with Gasteiger partial charge in [0.15, 0.2) is 0 Å². The largest absolute Gasteiger partial charge is 0.399 e. The molecule has 0 aliphatic carbocycles. The molecule has 78 valence electrons. The summed E-state index contributed by atoms with van der Waals surface area (Å²) in [4.78, 5) is 0. The molecule has 3 nitrogen and oxygen atoms in total. The zero-order valence-electron chi connectivity index (χ0n) is 8.43. The molecule has 0 aliphatic heterocycles. The van der Waals surface area contributed by atoms with E-state index in [0.717, 1.165) is 11.4 Å². The quantitative estimate of drug-likeness (QED) is 0.376. The van der Waals surface area contributed by atoms with Gasteiger partial charge in [-0.05, 0) is 24.3 Å². The molecule has 2 aromatic carbocycles. The van der Waals surface area contributed by atoms with E-state index in [9.17, 15) is 0 Å². The summed E-state index contributed by atoms with van der Waals surface area (Å²) in [6.45, 7) is 0. The molecule has 0 amide bonds. The molecule has 5 N–H and O–H groups in total.